The number of anilines is 1. The average molecular weight is 284 g/mol. The Hall–Kier alpha value is -2.17. The van der Waals surface area contributed by atoms with Crippen LogP contribution >= 0.6 is 0 Å². The number of hydrogen-bond acceptors (Lipinski definition) is 3. The van der Waals surface area contributed by atoms with E-state index in [2.05, 4.69) is 10.6 Å². The second-order valence-corrected chi connectivity index (χ2v) is 4.72. The molecule has 4 nitrogen and oxygen atoms in total. The van der Waals surface area contributed by atoms with Crippen molar-refractivity contribution in [1.82, 2.24) is 5.32 Å². The first-order chi connectivity index (χ1) is 10.3. The topological polar surface area (TPSA) is 50.4 Å². The fraction of sp³-hybridized carbons (Fsp3) is 0.235. The summed E-state index contributed by atoms with van der Waals surface area (Å²) in [4.78, 5) is 11.8. The first kappa shape index (κ1) is 15.2. The Morgan fingerprint density at radius 3 is 2.38 bits per heavy atom. The van der Waals surface area contributed by atoms with Crippen LogP contribution in [0, 0.1) is 0 Å². The van der Waals surface area contributed by atoms with Crippen LogP contribution < -0.4 is 10.6 Å². The first-order valence-electron chi connectivity index (χ1n) is 6.91. The van der Waals surface area contributed by atoms with Gasteiger partial charge in [0.2, 0.25) is 5.91 Å². The predicted octanol–water partition coefficient (Wildman–Crippen LogP) is 2.56. The molecule has 0 bridgehead atoms. The molecule has 0 aromatic heterocycles. The summed E-state index contributed by atoms with van der Waals surface area (Å²) in [5.41, 5.74) is 3.09. The van der Waals surface area contributed by atoms with E-state index < -0.39 is 0 Å². The molecule has 2 N–H and O–H groups in total. The van der Waals surface area contributed by atoms with E-state index in [0.29, 0.717) is 13.2 Å². The van der Waals surface area contributed by atoms with Gasteiger partial charge in [-0.25, -0.2) is 0 Å². The Morgan fingerprint density at radius 2 is 1.67 bits per heavy atom. The lowest BCUT2D eigenvalue weighted by Crippen LogP contribution is -2.28. The van der Waals surface area contributed by atoms with E-state index in [1.54, 1.807) is 7.11 Å². The van der Waals surface area contributed by atoms with E-state index in [9.17, 15) is 4.79 Å². The van der Waals surface area contributed by atoms with Crippen molar-refractivity contribution in [2.24, 2.45) is 0 Å². The molecule has 2 aromatic rings. The van der Waals surface area contributed by atoms with Gasteiger partial charge in [0.15, 0.2) is 0 Å². The molecule has 0 aliphatic heterocycles. The maximum absolute atomic E-state index is 11.8. The van der Waals surface area contributed by atoms with Crippen LogP contribution in [0.2, 0.25) is 0 Å². The number of rotatable bonds is 7. The number of para-hydroxylation sites is 1. The lowest BCUT2D eigenvalue weighted by atomic mass is 10.1. The minimum absolute atomic E-state index is 0.0505. The number of methoxy groups -OCH3 is 1. The molecule has 0 fully saturated rings. The van der Waals surface area contributed by atoms with Crippen molar-refractivity contribution < 1.29 is 9.53 Å². The molecule has 0 aliphatic carbocycles. The van der Waals surface area contributed by atoms with Gasteiger partial charge in [0.1, 0.15) is 0 Å². The maximum atomic E-state index is 11.8. The van der Waals surface area contributed by atoms with Crippen LogP contribution in [0.3, 0.4) is 0 Å². The SMILES string of the molecule is COCc1ccccc1CNCC(=O)Nc1ccccc1. The third-order valence-corrected chi connectivity index (χ3v) is 3.08. The van der Waals surface area contributed by atoms with Gasteiger partial charge in [0.05, 0.1) is 13.2 Å². The fourth-order valence-electron chi connectivity index (χ4n) is 2.06. The van der Waals surface area contributed by atoms with Crippen molar-refractivity contribution in [2.45, 2.75) is 13.2 Å². The average Bonchev–Trinajstić information content (AvgIpc) is 2.50. The first-order valence-corrected chi connectivity index (χ1v) is 6.91. The summed E-state index contributed by atoms with van der Waals surface area (Å²) >= 11 is 0. The number of hydrogen-bond donors (Lipinski definition) is 2. The van der Waals surface area contributed by atoms with Gasteiger partial charge >= 0.3 is 0 Å². The molecule has 4 heteroatoms. The van der Waals surface area contributed by atoms with Gasteiger partial charge in [-0.05, 0) is 23.3 Å². The van der Waals surface area contributed by atoms with Crippen molar-refractivity contribution in [2.75, 3.05) is 19.0 Å². The van der Waals surface area contributed by atoms with Crippen LogP contribution in [0.4, 0.5) is 5.69 Å². The molecule has 1 amide bonds. The zero-order valence-corrected chi connectivity index (χ0v) is 12.1. The Morgan fingerprint density at radius 1 is 1.00 bits per heavy atom. The molecule has 0 saturated carbocycles. The van der Waals surface area contributed by atoms with Crippen molar-refractivity contribution in [3.05, 3.63) is 65.7 Å². The van der Waals surface area contributed by atoms with Gasteiger partial charge in [0, 0.05) is 19.3 Å². The molecule has 0 radical (unpaired) electrons. The van der Waals surface area contributed by atoms with Gasteiger partial charge < -0.3 is 15.4 Å². The van der Waals surface area contributed by atoms with E-state index in [4.69, 9.17) is 4.74 Å². The van der Waals surface area contributed by atoms with Crippen LogP contribution in [0.1, 0.15) is 11.1 Å². The maximum Gasteiger partial charge on any atom is 0.238 e. The highest BCUT2D eigenvalue weighted by Crippen LogP contribution is 2.09. The molecule has 0 aliphatic rings. The van der Waals surface area contributed by atoms with Crippen molar-refractivity contribution in [3.63, 3.8) is 0 Å². The molecule has 2 aromatic carbocycles. The Kier molecular flexibility index (Phi) is 5.94. The quantitative estimate of drug-likeness (QED) is 0.821. The van der Waals surface area contributed by atoms with Crippen molar-refractivity contribution in [3.8, 4) is 0 Å². The summed E-state index contributed by atoms with van der Waals surface area (Å²) in [6.07, 6.45) is 0. The molecular formula is C17H20N2O2. The molecule has 21 heavy (non-hydrogen) atoms. The van der Waals surface area contributed by atoms with Crippen molar-refractivity contribution in [1.29, 1.82) is 0 Å². The summed E-state index contributed by atoms with van der Waals surface area (Å²) < 4.78 is 5.17. The number of carbonyl (C=O) groups excluding carboxylic acids is 1. The van der Waals surface area contributed by atoms with E-state index in [1.807, 2.05) is 54.6 Å². The normalized spacial score (nSPS) is 10.3. The highest BCUT2D eigenvalue weighted by Gasteiger charge is 2.04. The van der Waals surface area contributed by atoms with E-state index >= 15 is 0 Å². The summed E-state index contributed by atoms with van der Waals surface area (Å²) in [5.74, 6) is -0.0505. The Labute approximate surface area is 125 Å². The number of amides is 1. The van der Waals surface area contributed by atoms with Crippen molar-refractivity contribution >= 4 is 11.6 Å². The minimum atomic E-state index is -0.0505. The highest BCUT2D eigenvalue weighted by molar-refractivity contribution is 5.92. The number of benzene rings is 2. The third kappa shape index (κ3) is 5.02. The molecule has 0 saturated heterocycles. The monoisotopic (exact) mass is 284 g/mol. The van der Waals surface area contributed by atoms with Crippen LogP contribution in [-0.2, 0) is 22.7 Å². The molecule has 0 atom stereocenters. The molecular weight excluding hydrogens is 264 g/mol. The van der Waals surface area contributed by atoms with Crippen LogP contribution in [0.25, 0.3) is 0 Å². The Bertz CT molecular complexity index is 570. The van der Waals surface area contributed by atoms with E-state index in [1.165, 1.54) is 0 Å². The lowest BCUT2D eigenvalue weighted by molar-refractivity contribution is -0.115. The van der Waals surface area contributed by atoms with Gasteiger partial charge in [-0.1, -0.05) is 42.5 Å². The van der Waals surface area contributed by atoms with Gasteiger partial charge in [0.25, 0.3) is 0 Å². The molecule has 2 rings (SSSR count). The second kappa shape index (κ2) is 8.19. The summed E-state index contributed by atoms with van der Waals surface area (Å²) in [6, 6.07) is 17.5. The third-order valence-electron chi connectivity index (χ3n) is 3.08. The molecule has 110 valence electrons. The number of carbonyl (C=O) groups is 1. The van der Waals surface area contributed by atoms with Gasteiger partial charge in [-0.15, -0.1) is 0 Å². The zero-order valence-electron chi connectivity index (χ0n) is 12.1. The summed E-state index contributed by atoms with van der Waals surface area (Å²) in [7, 11) is 1.68. The Balaban J connectivity index is 1.80. The second-order valence-electron chi connectivity index (χ2n) is 4.72. The lowest BCUT2D eigenvalue weighted by Gasteiger charge is -2.10. The number of ether oxygens (including phenoxy) is 1. The standard InChI is InChI=1S/C17H20N2O2/c1-21-13-15-8-6-5-7-14(15)11-18-12-17(20)19-16-9-3-2-4-10-16/h2-10,18H,11-13H2,1H3,(H,19,20). The number of nitrogens with one attached hydrogen (secondary N) is 2. The summed E-state index contributed by atoms with van der Waals surface area (Å²) in [5, 5.41) is 5.99. The van der Waals surface area contributed by atoms with E-state index in [-0.39, 0.29) is 12.5 Å². The smallest absolute Gasteiger partial charge is 0.238 e. The molecule has 0 heterocycles. The van der Waals surface area contributed by atoms with Crippen LogP contribution in [0.15, 0.2) is 54.6 Å². The van der Waals surface area contributed by atoms with Gasteiger partial charge in [-0.2, -0.15) is 0 Å². The van der Waals surface area contributed by atoms with E-state index in [0.717, 1.165) is 16.8 Å². The van der Waals surface area contributed by atoms with Crippen LogP contribution in [0.5, 0.6) is 0 Å². The minimum Gasteiger partial charge on any atom is -0.380 e. The summed E-state index contributed by atoms with van der Waals surface area (Å²) in [6.45, 7) is 1.49. The van der Waals surface area contributed by atoms with Gasteiger partial charge in [-0.3, -0.25) is 4.79 Å². The highest BCUT2D eigenvalue weighted by atomic mass is 16.5. The fourth-order valence-corrected chi connectivity index (χ4v) is 2.06. The largest absolute Gasteiger partial charge is 0.380 e. The van der Waals surface area contributed by atoms with Crippen LogP contribution in [-0.4, -0.2) is 19.6 Å². The predicted molar refractivity (Wildman–Crippen MR) is 83.9 cm³/mol. The molecule has 0 unspecified atom stereocenters. The zero-order chi connectivity index (χ0) is 14.9. The molecule has 0 spiro atoms.